The topological polar surface area (TPSA) is 156 Å². The molecule has 1 radical (unpaired) electrons. The van der Waals surface area contributed by atoms with Gasteiger partial charge in [-0.05, 0) is 30.0 Å². The van der Waals surface area contributed by atoms with Crippen LogP contribution >= 0.6 is 0 Å². The van der Waals surface area contributed by atoms with Gasteiger partial charge in [-0.3, -0.25) is 4.98 Å². The van der Waals surface area contributed by atoms with Crippen molar-refractivity contribution in [1.29, 1.82) is 0 Å². The zero-order valence-electron chi connectivity index (χ0n) is 17.5. The van der Waals surface area contributed by atoms with Crippen molar-refractivity contribution in [3.8, 4) is 17.2 Å². The SMILES string of the molecule is C/C(=N\N=C(/[O-])c1ccccc1O)c1ccccc1[O-].[O-2].[O-]c1cccc2cccnc12.[V]. The van der Waals surface area contributed by atoms with Gasteiger partial charge in [0.05, 0.1) is 11.2 Å². The molecule has 169 valence electrons. The molecule has 0 aliphatic heterocycles. The second-order valence-electron chi connectivity index (χ2n) is 6.44. The van der Waals surface area contributed by atoms with Crippen LogP contribution in [0.25, 0.3) is 10.9 Å². The number of benzene rings is 3. The number of fused-ring (bicyclic) bond motifs is 1. The van der Waals surface area contributed by atoms with Crippen molar-refractivity contribution >= 4 is 22.5 Å². The van der Waals surface area contributed by atoms with Crippen LogP contribution in [-0.2, 0) is 24.0 Å². The summed E-state index contributed by atoms with van der Waals surface area (Å²) in [6.07, 6.45) is 1.63. The maximum absolute atomic E-state index is 11.8. The Kier molecular flexibility index (Phi) is 10.6. The fourth-order valence-electron chi connectivity index (χ4n) is 2.72. The Labute approximate surface area is 202 Å². The smallest absolute Gasteiger partial charge is 0.123 e. The molecule has 0 saturated heterocycles. The molecule has 8 nitrogen and oxygen atoms in total. The number of phenols is 1. The summed E-state index contributed by atoms with van der Waals surface area (Å²) in [5, 5.41) is 52.2. The number of pyridine rings is 1. The zero-order valence-corrected chi connectivity index (χ0v) is 18.8. The van der Waals surface area contributed by atoms with Crippen molar-refractivity contribution in [3.63, 3.8) is 0 Å². The van der Waals surface area contributed by atoms with E-state index in [9.17, 15) is 20.4 Å². The molecule has 0 bridgehead atoms. The fraction of sp³-hybridized carbons (Fsp3) is 0.0417. The van der Waals surface area contributed by atoms with Crippen LogP contribution in [0, 0.1) is 0 Å². The van der Waals surface area contributed by atoms with Crippen molar-refractivity contribution in [2.45, 2.75) is 6.92 Å². The Balaban J connectivity index is 0.000000357. The molecular weight excluding hydrogens is 461 g/mol. The quantitative estimate of drug-likeness (QED) is 0.271. The normalized spacial score (nSPS) is 10.9. The van der Waals surface area contributed by atoms with Gasteiger partial charge >= 0.3 is 0 Å². The van der Waals surface area contributed by atoms with E-state index in [1.165, 1.54) is 24.3 Å². The molecule has 0 fully saturated rings. The van der Waals surface area contributed by atoms with E-state index in [1.807, 2.05) is 18.2 Å². The number of rotatable bonds is 3. The largest absolute Gasteiger partial charge is 2.00 e. The van der Waals surface area contributed by atoms with Crippen LogP contribution in [0.5, 0.6) is 17.2 Å². The molecule has 9 heteroatoms. The Bertz CT molecular complexity index is 1200. The summed E-state index contributed by atoms with van der Waals surface area (Å²) in [6.45, 7) is 1.60. The van der Waals surface area contributed by atoms with E-state index in [2.05, 4.69) is 15.2 Å². The third-order valence-corrected chi connectivity index (χ3v) is 4.30. The van der Waals surface area contributed by atoms with E-state index >= 15 is 0 Å². The van der Waals surface area contributed by atoms with Gasteiger partial charge in [0.15, 0.2) is 0 Å². The summed E-state index contributed by atoms with van der Waals surface area (Å²) in [5.74, 6) is -1.01. The van der Waals surface area contributed by atoms with Crippen LogP contribution in [0.15, 0.2) is 95.3 Å². The molecule has 1 aromatic heterocycles. The molecular formula is C24H18N3O5V-5. The number of para-hydroxylation sites is 3. The Hall–Kier alpha value is -3.85. The molecule has 0 aliphatic carbocycles. The number of nitrogens with zero attached hydrogens (tertiary/aromatic N) is 3. The molecule has 0 spiro atoms. The number of aromatic hydroxyl groups is 1. The molecule has 4 rings (SSSR count). The van der Waals surface area contributed by atoms with Crippen molar-refractivity contribution in [2.24, 2.45) is 10.2 Å². The average Bonchev–Trinajstić information content (AvgIpc) is 2.79. The standard InChI is InChI=1S/C15H14N2O3.C9H7NO.O.V/c1-10(11-6-2-4-8-13(11)18)16-17-15(20)12-7-3-5-9-14(12)19;11-8-5-1-3-7-4-2-6-10-9(7)8;;/h2-9,18-19H,1H3,(H,17,20);1-6,11H;;/q;;-2;/p-3/b16-10+;;;. The summed E-state index contributed by atoms with van der Waals surface area (Å²) in [7, 11) is 0. The van der Waals surface area contributed by atoms with Crippen LogP contribution in [0.3, 0.4) is 0 Å². The van der Waals surface area contributed by atoms with Crippen molar-refractivity contribution < 1.29 is 44.5 Å². The molecule has 0 unspecified atom stereocenters. The number of aromatic nitrogens is 1. The number of hydrogen-bond donors (Lipinski definition) is 1. The minimum Gasteiger partial charge on any atom is -2.00 e. The van der Waals surface area contributed by atoms with E-state index < -0.39 is 5.90 Å². The van der Waals surface area contributed by atoms with Crippen molar-refractivity contribution in [1.82, 2.24) is 4.98 Å². The van der Waals surface area contributed by atoms with Crippen LogP contribution in [-0.4, -0.2) is 21.7 Å². The van der Waals surface area contributed by atoms with E-state index in [0.29, 0.717) is 16.8 Å². The third-order valence-electron chi connectivity index (χ3n) is 4.30. The minimum absolute atomic E-state index is 0. The van der Waals surface area contributed by atoms with Gasteiger partial charge in [0.25, 0.3) is 0 Å². The molecule has 0 atom stereocenters. The predicted molar refractivity (Wildman–Crippen MR) is 115 cm³/mol. The first-order valence-corrected chi connectivity index (χ1v) is 9.32. The molecule has 3 aromatic carbocycles. The van der Waals surface area contributed by atoms with Gasteiger partial charge in [-0.15, -0.1) is 0 Å². The Morgan fingerprint density at radius 2 is 1.39 bits per heavy atom. The first-order chi connectivity index (χ1) is 15.0. The monoisotopic (exact) mass is 479 g/mol. The molecule has 0 saturated carbocycles. The molecule has 0 amide bonds. The molecule has 33 heavy (non-hydrogen) atoms. The van der Waals surface area contributed by atoms with E-state index in [0.717, 1.165) is 5.39 Å². The number of hydrogen-bond acceptors (Lipinski definition) is 7. The first kappa shape index (κ1) is 27.2. The van der Waals surface area contributed by atoms with Crippen molar-refractivity contribution in [2.75, 3.05) is 0 Å². The van der Waals surface area contributed by atoms with E-state index in [-0.39, 0.29) is 46.8 Å². The van der Waals surface area contributed by atoms with Gasteiger partial charge in [-0.25, -0.2) is 0 Å². The summed E-state index contributed by atoms with van der Waals surface area (Å²) < 4.78 is 0. The van der Waals surface area contributed by atoms with Gasteiger partial charge < -0.3 is 25.9 Å². The Morgan fingerprint density at radius 1 is 0.788 bits per heavy atom. The predicted octanol–water partition coefficient (Wildman–Crippen LogP) is 2.18. The molecule has 0 aliphatic rings. The Morgan fingerprint density at radius 3 is 2.06 bits per heavy atom. The minimum atomic E-state index is -0.661. The van der Waals surface area contributed by atoms with E-state index in [1.54, 1.807) is 49.5 Å². The molecule has 1 heterocycles. The van der Waals surface area contributed by atoms with Gasteiger partial charge in [0.1, 0.15) is 5.75 Å². The van der Waals surface area contributed by atoms with Crippen LogP contribution in [0.1, 0.15) is 18.1 Å². The molecule has 1 N–H and O–H groups in total. The van der Waals surface area contributed by atoms with E-state index in [4.69, 9.17) is 0 Å². The van der Waals surface area contributed by atoms with Crippen LogP contribution in [0.4, 0.5) is 0 Å². The molecule has 4 aromatic rings. The fourth-order valence-corrected chi connectivity index (χ4v) is 2.72. The summed E-state index contributed by atoms with van der Waals surface area (Å²) in [6, 6.07) is 21.3. The maximum Gasteiger partial charge on any atom is 0.123 e. The van der Waals surface area contributed by atoms with Gasteiger partial charge in [-0.2, -0.15) is 10.2 Å². The summed E-state index contributed by atoms with van der Waals surface area (Å²) >= 11 is 0. The second kappa shape index (κ2) is 12.9. The average molecular weight is 479 g/mol. The second-order valence-corrected chi connectivity index (χ2v) is 6.44. The van der Waals surface area contributed by atoms with Gasteiger partial charge in [0, 0.05) is 36.2 Å². The van der Waals surface area contributed by atoms with Gasteiger partial charge in [0.2, 0.25) is 0 Å². The van der Waals surface area contributed by atoms with Crippen LogP contribution < -0.4 is 15.3 Å². The maximum atomic E-state index is 11.8. The zero-order chi connectivity index (χ0) is 22.2. The summed E-state index contributed by atoms with van der Waals surface area (Å²) in [4.78, 5) is 3.97. The summed E-state index contributed by atoms with van der Waals surface area (Å²) in [5.41, 5.74) is 1.36. The van der Waals surface area contributed by atoms with Crippen molar-refractivity contribution in [3.05, 3.63) is 96.2 Å². The van der Waals surface area contributed by atoms with Gasteiger partial charge in [-0.1, -0.05) is 78.2 Å². The third kappa shape index (κ3) is 7.08. The number of phenolic OH excluding ortho intramolecular Hbond substituents is 1. The van der Waals surface area contributed by atoms with Crippen LogP contribution in [0.2, 0.25) is 0 Å². The first-order valence-electron chi connectivity index (χ1n) is 9.32.